The van der Waals surface area contributed by atoms with Crippen molar-refractivity contribution in [1.29, 1.82) is 0 Å². The van der Waals surface area contributed by atoms with Gasteiger partial charge in [-0.15, -0.1) is 0 Å². The van der Waals surface area contributed by atoms with Gasteiger partial charge in [-0.2, -0.15) is 0 Å². The van der Waals surface area contributed by atoms with Crippen LogP contribution >= 0.6 is 0 Å². The van der Waals surface area contributed by atoms with Gasteiger partial charge in [0.1, 0.15) is 24.1 Å². The average Bonchev–Trinajstić information content (AvgIpc) is 2.81. The molecule has 1 N–H and O–H groups in total. The van der Waals surface area contributed by atoms with Gasteiger partial charge in [-0.3, -0.25) is 0 Å². The summed E-state index contributed by atoms with van der Waals surface area (Å²) in [5.74, 6) is 0.101. The molecule has 2 aliphatic heterocycles. The first-order valence-corrected chi connectivity index (χ1v) is 7.38. The third-order valence-electron chi connectivity index (χ3n) is 3.86. The first-order valence-electron chi connectivity index (χ1n) is 7.38. The van der Waals surface area contributed by atoms with Crippen molar-refractivity contribution in [2.24, 2.45) is 0 Å². The van der Waals surface area contributed by atoms with E-state index in [1.807, 2.05) is 38.1 Å². The number of methoxy groups -OCH3 is 1. The monoisotopic (exact) mass is 310 g/mol. The SMILES string of the molecule is COc1ccc(CO[C@@H]2C(O)OC[C@H]3OC(C)(C)O[C@@H]23)cc1. The maximum atomic E-state index is 10.0. The topological polar surface area (TPSA) is 66.4 Å². The van der Waals surface area contributed by atoms with Crippen molar-refractivity contribution in [2.45, 2.75) is 50.8 Å². The normalized spacial score (nSPS) is 33.5. The Morgan fingerprint density at radius 1 is 1.23 bits per heavy atom. The van der Waals surface area contributed by atoms with E-state index in [9.17, 15) is 5.11 Å². The molecule has 2 fully saturated rings. The first kappa shape index (κ1) is 15.7. The van der Waals surface area contributed by atoms with Gasteiger partial charge in [0.25, 0.3) is 0 Å². The summed E-state index contributed by atoms with van der Waals surface area (Å²) in [6, 6.07) is 7.58. The maximum absolute atomic E-state index is 10.0. The fourth-order valence-electron chi connectivity index (χ4n) is 2.81. The summed E-state index contributed by atoms with van der Waals surface area (Å²) < 4.78 is 27.9. The largest absolute Gasteiger partial charge is 0.497 e. The minimum Gasteiger partial charge on any atom is -0.497 e. The predicted octanol–water partition coefficient (Wildman–Crippen LogP) is 1.45. The molecule has 3 rings (SSSR count). The molecule has 0 radical (unpaired) electrons. The van der Waals surface area contributed by atoms with Gasteiger partial charge in [0.05, 0.1) is 20.3 Å². The van der Waals surface area contributed by atoms with E-state index >= 15 is 0 Å². The molecule has 22 heavy (non-hydrogen) atoms. The molecule has 0 aliphatic carbocycles. The zero-order valence-electron chi connectivity index (χ0n) is 13.0. The highest BCUT2D eigenvalue weighted by Gasteiger charge is 2.51. The molecule has 6 heteroatoms. The van der Waals surface area contributed by atoms with Crippen LogP contribution < -0.4 is 4.74 Å². The molecule has 0 saturated carbocycles. The van der Waals surface area contributed by atoms with E-state index < -0.39 is 18.2 Å². The van der Waals surface area contributed by atoms with Crippen LogP contribution in [0.15, 0.2) is 24.3 Å². The van der Waals surface area contributed by atoms with Crippen LogP contribution in [0.5, 0.6) is 5.75 Å². The molecular formula is C16H22O6. The van der Waals surface area contributed by atoms with E-state index in [1.165, 1.54) is 0 Å². The first-order chi connectivity index (χ1) is 10.5. The van der Waals surface area contributed by atoms with Crippen molar-refractivity contribution in [1.82, 2.24) is 0 Å². The summed E-state index contributed by atoms with van der Waals surface area (Å²) in [6.45, 7) is 4.34. The van der Waals surface area contributed by atoms with Gasteiger partial charge in [0.15, 0.2) is 12.1 Å². The summed E-state index contributed by atoms with van der Waals surface area (Å²) in [5.41, 5.74) is 0.980. The Morgan fingerprint density at radius 2 is 1.95 bits per heavy atom. The van der Waals surface area contributed by atoms with E-state index in [1.54, 1.807) is 7.11 Å². The van der Waals surface area contributed by atoms with Crippen LogP contribution in [0.2, 0.25) is 0 Å². The van der Waals surface area contributed by atoms with Crippen LogP contribution in [0.4, 0.5) is 0 Å². The molecule has 2 saturated heterocycles. The van der Waals surface area contributed by atoms with Crippen LogP contribution in [-0.4, -0.2) is 49.2 Å². The molecule has 6 nitrogen and oxygen atoms in total. The number of hydrogen-bond acceptors (Lipinski definition) is 6. The third kappa shape index (κ3) is 3.26. The van der Waals surface area contributed by atoms with Crippen molar-refractivity contribution < 1.29 is 28.8 Å². The number of hydrogen-bond donors (Lipinski definition) is 1. The lowest BCUT2D eigenvalue weighted by molar-refractivity contribution is -0.247. The van der Waals surface area contributed by atoms with Gasteiger partial charge >= 0.3 is 0 Å². The molecule has 1 aromatic carbocycles. The second-order valence-electron chi connectivity index (χ2n) is 5.99. The second kappa shape index (κ2) is 6.14. The summed E-state index contributed by atoms with van der Waals surface area (Å²) in [4.78, 5) is 0. The Balaban J connectivity index is 1.64. The van der Waals surface area contributed by atoms with Crippen molar-refractivity contribution >= 4 is 0 Å². The van der Waals surface area contributed by atoms with Gasteiger partial charge in [0, 0.05) is 0 Å². The average molecular weight is 310 g/mol. The van der Waals surface area contributed by atoms with Crippen molar-refractivity contribution in [2.75, 3.05) is 13.7 Å². The quantitative estimate of drug-likeness (QED) is 0.908. The van der Waals surface area contributed by atoms with Crippen molar-refractivity contribution in [3.8, 4) is 5.75 Å². The van der Waals surface area contributed by atoms with E-state index in [-0.39, 0.29) is 12.2 Å². The molecule has 2 heterocycles. The van der Waals surface area contributed by atoms with Crippen LogP contribution in [0, 0.1) is 0 Å². The predicted molar refractivity (Wildman–Crippen MR) is 77.4 cm³/mol. The summed E-state index contributed by atoms with van der Waals surface area (Å²) in [6.07, 6.45) is -2.16. The molecule has 2 aliphatic rings. The number of aliphatic hydroxyl groups is 1. The van der Waals surface area contributed by atoms with Crippen molar-refractivity contribution in [3.05, 3.63) is 29.8 Å². The fraction of sp³-hybridized carbons (Fsp3) is 0.625. The Labute approximate surface area is 129 Å². The number of rotatable bonds is 4. The maximum Gasteiger partial charge on any atom is 0.183 e. The highest BCUT2D eigenvalue weighted by Crippen LogP contribution is 2.35. The Morgan fingerprint density at radius 3 is 2.64 bits per heavy atom. The molecule has 122 valence electrons. The molecule has 0 amide bonds. The van der Waals surface area contributed by atoms with Gasteiger partial charge in [-0.1, -0.05) is 12.1 Å². The smallest absolute Gasteiger partial charge is 0.183 e. The molecule has 0 bridgehead atoms. The Hall–Kier alpha value is -1.18. The zero-order valence-corrected chi connectivity index (χ0v) is 13.0. The number of ether oxygens (including phenoxy) is 5. The minimum absolute atomic E-state index is 0.223. The molecule has 0 aromatic heterocycles. The molecule has 0 spiro atoms. The number of fused-ring (bicyclic) bond motifs is 1. The molecule has 1 unspecified atom stereocenters. The summed E-state index contributed by atoms with van der Waals surface area (Å²) in [5, 5.41) is 10.0. The second-order valence-corrected chi connectivity index (χ2v) is 5.99. The van der Waals surface area contributed by atoms with Crippen LogP contribution in [-0.2, 0) is 25.6 Å². The standard InChI is InChI=1S/C16H22O6/c1-16(2)21-12-9-20-15(17)14(13(12)22-16)19-8-10-4-6-11(18-3)7-5-10/h4-7,12-15,17H,8-9H2,1-3H3/t12-,13-,14+,15?/m1/s1. The van der Waals surface area contributed by atoms with E-state index in [4.69, 9.17) is 23.7 Å². The molecular weight excluding hydrogens is 288 g/mol. The van der Waals surface area contributed by atoms with Crippen LogP contribution in [0.1, 0.15) is 19.4 Å². The summed E-state index contributed by atoms with van der Waals surface area (Å²) >= 11 is 0. The van der Waals surface area contributed by atoms with Gasteiger partial charge in [-0.05, 0) is 31.5 Å². The fourth-order valence-corrected chi connectivity index (χ4v) is 2.81. The van der Waals surface area contributed by atoms with Gasteiger partial charge in [0.2, 0.25) is 0 Å². The van der Waals surface area contributed by atoms with E-state index in [2.05, 4.69) is 0 Å². The minimum atomic E-state index is -1.02. The van der Waals surface area contributed by atoms with E-state index in [0.717, 1.165) is 11.3 Å². The lowest BCUT2D eigenvalue weighted by Crippen LogP contribution is -2.52. The summed E-state index contributed by atoms with van der Waals surface area (Å²) in [7, 11) is 1.63. The highest BCUT2D eigenvalue weighted by molar-refractivity contribution is 5.26. The lowest BCUT2D eigenvalue weighted by Gasteiger charge is -2.34. The van der Waals surface area contributed by atoms with Crippen LogP contribution in [0.25, 0.3) is 0 Å². The third-order valence-corrected chi connectivity index (χ3v) is 3.86. The van der Waals surface area contributed by atoms with Gasteiger partial charge in [-0.25, -0.2) is 0 Å². The number of aliphatic hydroxyl groups excluding tert-OH is 1. The lowest BCUT2D eigenvalue weighted by atomic mass is 10.1. The van der Waals surface area contributed by atoms with Crippen molar-refractivity contribution in [3.63, 3.8) is 0 Å². The van der Waals surface area contributed by atoms with Crippen LogP contribution in [0.3, 0.4) is 0 Å². The molecule has 4 atom stereocenters. The zero-order chi connectivity index (χ0) is 15.7. The Bertz CT molecular complexity index is 500. The van der Waals surface area contributed by atoms with Gasteiger partial charge < -0.3 is 28.8 Å². The highest BCUT2D eigenvalue weighted by atomic mass is 16.8. The Kier molecular flexibility index (Phi) is 4.38. The van der Waals surface area contributed by atoms with E-state index in [0.29, 0.717) is 13.2 Å². The number of benzene rings is 1. The molecule has 1 aromatic rings.